The molecule has 0 radical (unpaired) electrons. The number of rotatable bonds is 3. The molecular weight excluding hydrogens is 318 g/mol. The lowest BCUT2D eigenvalue weighted by atomic mass is 9.90. The molecule has 3 aliphatic rings. The zero-order chi connectivity index (χ0) is 17.7. The van der Waals surface area contributed by atoms with Crippen LogP contribution in [0.4, 0.5) is 0 Å². The molecule has 1 saturated carbocycles. The molecule has 1 heterocycles. The average Bonchev–Trinajstić information content (AvgIpc) is 3.24. The Kier molecular flexibility index (Phi) is 3.87. The van der Waals surface area contributed by atoms with Crippen molar-refractivity contribution in [2.75, 3.05) is 19.7 Å². The summed E-state index contributed by atoms with van der Waals surface area (Å²) in [5, 5.41) is 10.4. The lowest BCUT2D eigenvalue weighted by Gasteiger charge is -2.36. The van der Waals surface area contributed by atoms with Crippen LogP contribution in [-0.4, -0.2) is 47.2 Å². The van der Waals surface area contributed by atoms with Crippen LogP contribution in [0.5, 0.6) is 0 Å². The smallest absolute Gasteiger partial charge is 0.338 e. The zero-order valence-corrected chi connectivity index (χ0v) is 14.7. The van der Waals surface area contributed by atoms with Crippen molar-refractivity contribution in [1.82, 2.24) is 4.90 Å². The number of likely N-dealkylation sites (tertiary alicyclic amines) is 1. The van der Waals surface area contributed by atoms with Crippen LogP contribution in [0.1, 0.15) is 43.7 Å². The summed E-state index contributed by atoms with van der Waals surface area (Å²) in [5.41, 5.74) is 1.35. The maximum Gasteiger partial charge on any atom is 0.338 e. The van der Waals surface area contributed by atoms with Gasteiger partial charge in [-0.1, -0.05) is 24.3 Å². The zero-order valence-electron chi connectivity index (χ0n) is 14.7. The number of benzene rings is 1. The second kappa shape index (κ2) is 5.84. The van der Waals surface area contributed by atoms with E-state index in [1.165, 1.54) is 11.1 Å². The maximum absolute atomic E-state index is 13.0. The summed E-state index contributed by atoms with van der Waals surface area (Å²) in [6.07, 6.45) is 3.56. The third-order valence-corrected chi connectivity index (χ3v) is 6.33. The monoisotopic (exact) mass is 343 g/mol. The Hall–Kier alpha value is -1.88. The van der Waals surface area contributed by atoms with Gasteiger partial charge in [0.05, 0.1) is 6.61 Å². The van der Waals surface area contributed by atoms with Crippen LogP contribution in [0, 0.1) is 5.92 Å². The van der Waals surface area contributed by atoms with Crippen LogP contribution in [0.3, 0.4) is 0 Å². The highest BCUT2D eigenvalue weighted by molar-refractivity contribution is 5.86. The minimum absolute atomic E-state index is 0.0442. The molecule has 2 aliphatic carbocycles. The minimum Gasteiger partial charge on any atom is -0.464 e. The van der Waals surface area contributed by atoms with E-state index in [1.54, 1.807) is 6.92 Å². The molecular formula is C20H25NO4. The molecule has 25 heavy (non-hydrogen) atoms. The first-order chi connectivity index (χ1) is 12.0. The van der Waals surface area contributed by atoms with Crippen LogP contribution >= 0.6 is 0 Å². The first-order valence-corrected chi connectivity index (χ1v) is 9.27. The van der Waals surface area contributed by atoms with Crippen molar-refractivity contribution in [2.45, 2.75) is 50.0 Å². The molecule has 1 aromatic carbocycles. The Morgan fingerprint density at radius 3 is 2.68 bits per heavy atom. The third-order valence-electron chi connectivity index (χ3n) is 6.33. The molecule has 5 heteroatoms. The predicted octanol–water partition coefficient (Wildman–Crippen LogP) is 1.81. The highest BCUT2D eigenvalue weighted by atomic mass is 16.5. The average molecular weight is 343 g/mol. The predicted molar refractivity (Wildman–Crippen MR) is 91.9 cm³/mol. The number of piperidine rings is 1. The van der Waals surface area contributed by atoms with Crippen molar-refractivity contribution in [3.8, 4) is 0 Å². The molecule has 134 valence electrons. The summed E-state index contributed by atoms with van der Waals surface area (Å²) in [6.45, 7) is 2.82. The molecule has 1 spiro atoms. The van der Waals surface area contributed by atoms with Crippen LogP contribution in [0.2, 0.25) is 0 Å². The summed E-state index contributed by atoms with van der Waals surface area (Å²) < 4.78 is 4.96. The number of hydrogen-bond donors (Lipinski definition) is 1. The summed E-state index contributed by atoms with van der Waals surface area (Å²) in [6, 6.07) is 8.47. The quantitative estimate of drug-likeness (QED) is 0.850. The van der Waals surface area contributed by atoms with Gasteiger partial charge in [0.15, 0.2) is 5.60 Å². The largest absolute Gasteiger partial charge is 0.464 e. The second-order valence-corrected chi connectivity index (χ2v) is 7.65. The van der Waals surface area contributed by atoms with Gasteiger partial charge in [0.25, 0.3) is 0 Å². The molecule has 2 atom stereocenters. The Bertz CT molecular complexity index is 707. The topological polar surface area (TPSA) is 66.8 Å². The van der Waals surface area contributed by atoms with Gasteiger partial charge < -0.3 is 14.7 Å². The number of aliphatic hydroxyl groups is 1. The van der Waals surface area contributed by atoms with Gasteiger partial charge in [0.1, 0.15) is 0 Å². The number of carbonyl (C=O) groups excluding carboxylic acids is 2. The number of hydrogen-bond acceptors (Lipinski definition) is 4. The number of esters is 1. The number of ether oxygens (including phenoxy) is 1. The second-order valence-electron chi connectivity index (χ2n) is 7.65. The van der Waals surface area contributed by atoms with Crippen molar-refractivity contribution in [1.29, 1.82) is 0 Å². The molecule has 2 fully saturated rings. The Morgan fingerprint density at radius 1 is 1.24 bits per heavy atom. The molecule has 0 bridgehead atoms. The third kappa shape index (κ3) is 2.56. The van der Waals surface area contributed by atoms with E-state index in [1.807, 2.05) is 4.90 Å². The van der Waals surface area contributed by atoms with E-state index in [0.717, 1.165) is 19.3 Å². The van der Waals surface area contributed by atoms with Gasteiger partial charge in [-0.3, -0.25) is 4.79 Å². The van der Waals surface area contributed by atoms with Gasteiger partial charge in [0.2, 0.25) is 5.91 Å². The Balaban J connectivity index is 1.41. The molecule has 1 N–H and O–H groups in total. The number of fused-ring (bicyclic) bond motifs is 2. The summed E-state index contributed by atoms with van der Waals surface area (Å²) in [7, 11) is 0. The van der Waals surface area contributed by atoms with E-state index >= 15 is 0 Å². The first kappa shape index (κ1) is 16.6. The first-order valence-electron chi connectivity index (χ1n) is 9.27. The SMILES string of the molecule is CCOC(=O)C1(O)CCN(C(=O)C2CC23CCc2ccccc23)CC1. The summed E-state index contributed by atoms with van der Waals surface area (Å²) in [5.74, 6) is -0.317. The number of nitrogens with zero attached hydrogens (tertiary/aromatic N) is 1. The molecule has 1 aromatic rings. The van der Waals surface area contributed by atoms with Crippen molar-refractivity contribution < 1.29 is 19.4 Å². The van der Waals surface area contributed by atoms with Gasteiger partial charge in [-0.05, 0) is 37.3 Å². The van der Waals surface area contributed by atoms with Crippen LogP contribution in [-0.2, 0) is 26.2 Å². The minimum atomic E-state index is -1.44. The molecule has 1 saturated heterocycles. The van der Waals surface area contributed by atoms with Crippen LogP contribution in [0.15, 0.2) is 24.3 Å². The molecule has 4 rings (SSSR count). The van der Waals surface area contributed by atoms with Crippen molar-refractivity contribution in [2.24, 2.45) is 5.92 Å². The van der Waals surface area contributed by atoms with Gasteiger partial charge in [-0.25, -0.2) is 4.79 Å². The lowest BCUT2D eigenvalue weighted by molar-refractivity contribution is -0.171. The molecule has 0 aromatic heterocycles. The van der Waals surface area contributed by atoms with Crippen LogP contribution < -0.4 is 0 Å². The number of carbonyl (C=O) groups is 2. The van der Waals surface area contributed by atoms with Crippen molar-refractivity contribution in [3.63, 3.8) is 0 Å². The number of aryl methyl sites for hydroxylation is 1. The van der Waals surface area contributed by atoms with Crippen molar-refractivity contribution >= 4 is 11.9 Å². The van der Waals surface area contributed by atoms with Crippen molar-refractivity contribution in [3.05, 3.63) is 35.4 Å². The van der Waals surface area contributed by atoms with Gasteiger partial charge in [-0.15, -0.1) is 0 Å². The van der Waals surface area contributed by atoms with E-state index in [2.05, 4.69) is 24.3 Å². The molecule has 5 nitrogen and oxygen atoms in total. The van der Waals surface area contributed by atoms with Gasteiger partial charge in [-0.2, -0.15) is 0 Å². The van der Waals surface area contributed by atoms with Gasteiger partial charge >= 0.3 is 5.97 Å². The standard InChI is InChI=1S/C20H25NO4/c1-2-25-18(23)20(24)9-11-21(12-10-20)17(22)16-13-19(16)8-7-14-5-3-4-6-15(14)19/h3-6,16,24H,2,7-13H2,1H3. The maximum atomic E-state index is 13.0. The Labute approximate surface area is 148 Å². The molecule has 1 aliphatic heterocycles. The fraction of sp³-hybridized carbons (Fsp3) is 0.600. The fourth-order valence-corrected chi connectivity index (χ4v) is 4.71. The van der Waals surface area contributed by atoms with E-state index in [-0.39, 0.29) is 36.7 Å². The molecule has 1 amide bonds. The molecule has 2 unspecified atom stereocenters. The number of amides is 1. The van der Waals surface area contributed by atoms with E-state index in [4.69, 9.17) is 4.74 Å². The fourth-order valence-electron chi connectivity index (χ4n) is 4.71. The normalized spacial score (nSPS) is 29.4. The van der Waals surface area contributed by atoms with E-state index < -0.39 is 11.6 Å². The van der Waals surface area contributed by atoms with E-state index in [0.29, 0.717) is 13.1 Å². The highest BCUT2D eigenvalue weighted by Gasteiger charge is 2.62. The Morgan fingerprint density at radius 2 is 1.96 bits per heavy atom. The summed E-state index contributed by atoms with van der Waals surface area (Å²) >= 11 is 0. The summed E-state index contributed by atoms with van der Waals surface area (Å²) in [4.78, 5) is 26.7. The van der Waals surface area contributed by atoms with Gasteiger partial charge in [0, 0.05) is 37.3 Å². The lowest BCUT2D eigenvalue weighted by Crippen LogP contribution is -2.52. The highest BCUT2D eigenvalue weighted by Crippen LogP contribution is 2.62. The van der Waals surface area contributed by atoms with E-state index in [9.17, 15) is 14.7 Å². The van der Waals surface area contributed by atoms with Crippen LogP contribution in [0.25, 0.3) is 0 Å².